The molecule has 4 aromatic heterocycles. The quantitative estimate of drug-likeness (QED) is 0.590. The number of hydrogen-bond acceptors (Lipinski definition) is 8. The van der Waals surface area contributed by atoms with Gasteiger partial charge in [0.05, 0.1) is 25.5 Å². The van der Waals surface area contributed by atoms with E-state index in [1.54, 1.807) is 22.6 Å². The molecule has 10 heteroatoms. The summed E-state index contributed by atoms with van der Waals surface area (Å²) in [6.07, 6.45) is 3.57. The number of aromatic amines is 1. The Labute approximate surface area is 152 Å². The lowest BCUT2D eigenvalue weighted by Crippen LogP contribution is -2.44. The minimum Gasteiger partial charge on any atom is -0.377 e. The molecular formula is C16H16N8OS. The fraction of sp³-hybridized carbons (Fsp3) is 0.312. The zero-order chi connectivity index (χ0) is 17.5. The molecule has 5 heterocycles. The van der Waals surface area contributed by atoms with Crippen molar-refractivity contribution in [2.24, 2.45) is 0 Å². The number of pyridine rings is 1. The molecule has 0 aliphatic carbocycles. The van der Waals surface area contributed by atoms with Crippen LogP contribution >= 0.6 is 11.3 Å². The number of H-pyrrole nitrogens is 1. The van der Waals surface area contributed by atoms with Gasteiger partial charge in [0.2, 0.25) is 0 Å². The van der Waals surface area contributed by atoms with Gasteiger partial charge in [-0.25, -0.2) is 4.98 Å². The van der Waals surface area contributed by atoms with Crippen LogP contribution in [0.4, 0.5) is 5.82 Å². The van der Waals surface area contributed by atoms with E-state index in [-0.39, 0.29) is 6.04 Å². The van der Waals surface area contributed by atoms with Crippen LogP contribution in [-0.4, -0.2) is 61.0 Å². The molecule has 0 spiro atoms. The van der Waals surface area contributed by atoms with Crippen molar-refractivity contribution in [1.82, 2.24) is 35.2 Å². The predicted molar refractivity (Wildman–Crippen MR) is 97.5 cm³/mol. The third-order valence-electron chi connectivity index (χ3n) is 4.48. The van der Waals surface area contributed by atoms with E-state index in [0.29, 0.717) is 19.0 Å². The summed E-state index contributed by atoms with van der Waals surface area (Å²) in [4.78, 5) is 7.17. The van der Waals surface area contributed by atoms with E-state index in [1.807, 2.05) is 6.07 Å². The highest BCUT2D eigenvalue weighted by Gasteiger charge is 2.24. The third kappa shape index (κ3) is 2.45. The molecule has 1 aliphatic rings. The van der Waals surface area contributed by atoms with Gasteiger partial charge in [-0.2, -0.15) is 14.9 Å². The van der Waals surface area contributed by atoms with Crippen molar-refractivity contribution in [2.45, 2.75) is 13.0 Å². The number of nitrogens with zero attached hydrogens (tertiary/aromatic N) is 7. The average Bonchev–Trinajstić information content (AvgIpc) is 3.41. The van der Waals surface area contributed by atoms with Crippen LogP contribution in [-0.2, 0) is 4.74 Å². The summed E-state index contributed by atoms with van der Waals surface area (Å²) >= 11 is 1.50. The Hall–Kier alpha value is -2.85. The van der Waals surface area contributed by atoms with Gasteiger partial charge >= 0.3 is 0 Å². The first kappa shape index (κ1) is 15.4. The van der Waals surface area contributed by atoms with Gasteiger partial charge in [0, 0.05) is 29.8 Å². The highest BCUT2D eigenvalue weighted by molar-refractivity contribution is 7.12. The van der Waals surface area contributed by atoms with Crippen LogP contribution in [0.3, 0.4) is 0 Å². The van der Waals surface area contributed by atoms with Crippen LogP contribution in [0, 0.1) is 0 Å². The second-order valence-electron chi connectivity index (χ2n) is 6.12. The zero-order valence-corrected chi connectivity index (χ0v) is 14.8. The molecule has 5 rings (SSSR count). The molecule has 9 nitrogen and oxygen atoms in total. The van der Waals surface area contributed by atoms with Crippen molar-refractivity contribution < 1.29 is 4.74 Å². The first-order valence-corrected chi connectivity index (χ1v) is 9.19. The van der Waals surface area contributed by atoms with Crippen LogP contribution in [0.5, 0.6) is 0 Å². The summed E-state index contributed by atoms with van der Waals surface area (Å²) in [5, 5.41) is 21.6. The minimum atomic E-state index is 0.248. The summed E-state index contributed by atoms with van der Waals surface area (Å²) in [6, 6.07) is 4.18. The number of hydrogen-bond donors (Lipinski definition) is 1. The van der Waals surface area contributed by atoms with Crippen LogP contribution < -0.4 is 4.90 Å². The van der Waals surface area contributed by atoms with E-state index in [1.165, 1.54) is 11.3 Å². The molecule has 1 saturated heterocycles. The number of aromatic nitrogens is 7. The molecule has 1 atom stereocenters. The Kier molecular flexibility index (Phi) is 3.64. The van der Waals surface area contributed by atoms with E-state index in [4.69, 9.17) is 9.72 Å². The molecule has 0 bridgehead atoms. The molecule has 0 aromatic carbocycles. The molecular weight excluding hydrogens is 352 g/mol. The summed E-state index contributed by atoms with van der Waals surface area (Å²) in [6.45, 7) is 4.32. The van der Waals surface area contributed by atoms with Gasteiger partial charge in [-0.1, -0.05) is 11.3 Å². The second-order valence-corrected chi connectivity index (χ2v) is 6.95. The normalized spacial score (nSPS) is 17.9. The Morgan fingerprint density at radius 1 is 1.35 bits per heavy atom. The van der Waals surface area contributed by atoms with Crippen LogP contribution in [0.2, 0.25) is 0 Å². The second kappa shape index (κ2) is 6.15. The molecule has 1 fully saturated rings. The van der Waals surface area contributed by atoms with Crippen molar-refractivity contribution in [1.29, 1.82) is 0 Å². The summed E-state index contributed by atoms with van der Waals surface area (Å²) in [5.41, 5.74) is 3.46. The fourth-order valence-electron chi connectivity index (χ4n) is 3.21. The number of fused-ring (bicyclic) bond motifs is 1. The Balaban J connectivity index is 1.74. The predicted octanol–water partition coefficient (Wildman–Crippen LogP) is 1.89. The van der Waals surface area contributed by atoms with Crippen molar-refractivity contribution in [3.63, 3.8) is 0 Å². The van der Waals surface area contributed by atoms with E-state index < -0.39 is 0 Å². The van der Waals surface area contributed by atoms with Crippen LogP contribution in [0.15, 0.2) is 30.0 Å². The molecule has 0 unspecified atom stereocenters. The average molecular weight is 368 g/mol. The standard InChI is InChI=1S/C16H16N8OS/c1-10-8-25-5-4-23(10)14-6-11(16-22-18-9-26-16)12-7-19-24(15(12)20-14)13-2-3-17-21-13/h2-3,6-7,9-10H,4-5,8H2,1H3,(H,17,21)/t10-/m1/s1. The number of ether oxygens (including phenoxy) is 1. The maximum atomic E-state index is 5.57. The van der Waals surface area contributed by atoms with Gasteiger partial charge in [-0.15, -0.1) is 10.2 Å². The number of anilines is 1. The Morgan fingerprint density at radius 2 is 2.31 bits per heavy atom. The number of nitrogens with one attached hydrogen (secondary N) is 1. The van der Waals surface area contributed by atoms with Crippen molar-refractivity contribution in [2.75, 3.05) is 24.7 Å². The molecule has 0 amide bonds. The Bertz CT molecular complexity index is 1030. The first-order valence-electron chi connectivity index (χ1n) is 8.31. The molecule has 4 aromatic rings. The van der Waals surface area contributed by atoms with Gasteiger partial charge < -0.3 is 9.64 Å². The van der Waals surface area contributed by atoms with Gasteiger partial charge in [-0.3, -0.25) is 5.10 Å². The van der Waals surface area contributed by atoms with Gasteiger partial charge in [0.25, 0.3) is 0 Å². The first-order chi connectivity index (χ1) is 12.8. The summed E-state index contributed by atoms with van der Waals surface area (Å²) in [7, 11) is 0. The zero-order valence-electron chi connectivity index (χ0n) is 14.0. The fourth-order valence-corrected chi connectivity index (χ4v) is 3.79. The largest absolute Gasteiger partial charge is 0.377 e. The maximum absolute atomic E-state index is 5.57. The number of morpholine rings is 1. The molecule has 132 valence electrons. The highest BCUT2D eigenvalue weighted by Crippen LogP contribution is 2.33. The SMILES string of the molecule is C[C@@H]1COCCN1c1cc(-c2nncs2)c2cnn(-c3cc[nH]n3)c2n1. The molecule has 1 aliphatic heterocycles. The number of rotatable bonds is 3. The van der Waals surface area contributed by atoms with Gasteiger partial charge in [-0.05, 0) is 13.0 Å². The van der Waals surface area contributed by atoms with Crippen molar-refractivity contribution in [3.8, 4) is 16.4 Å². The highest BCUT2D eigenvalue weighted by atomic mass is 32.1. The van der Waals surface area contributed by atoms with E-state index in [2.05, 4.69) is 43.4 Å². The van der Waals surface area contributed by atoms with Crippen molar-refractivity contribution in [3.05, 3.63) is 30.0 Å². The van der Waals surface area contributed by atoms with Crippen LogP contribution in [0.25, 0.3) is 27.4 Å². The molecule has 0 radical (unpaired) electrons. The maximum Gasteiger partial charge on any atom is 0.177 e. The molecule has 0 saturated carbocycles. The van der Waals surface area contributed by atoms with Crippen LogP contribution in [0.1, 0.15) is 6.92 Å². The summed E-state index contributed by atoms with van der Waals surface area (Å²) in [5.74, 6) is 1.58. The lowest BCUT2D eigenvalue weighted by molar-refractivity contribution is 0.0986. The summed E-state index contributed by atoms with van der Waals surface area (Å²) < 4.78 is 7.31. The lowest BCUT2D eigenvalue weighted by atomic mass is 10.1. The Morgan fingerprint density at radius 3 is 3.08 bits per heavy atom. The van der Waals surface area contributed by atoms with E-state index in [9.17, 15) is 0 Å². The smallest absolute Gasteiger partial charge is 0.177 e. The van der Waals surface area contributed by atoms with Crippen molar-refractivity contribution >= 4 is 28.2 Å². The van der Waals surface area contributed by atoms with Gasteiger partial charge in [0.15, 0.2) is 11.5 Å². The topological polar surface area (TPSA) is 97.6 Å². The van der Waals surface area contributed by atoms with Gasteiger partial charge in [0.1, 0.15) is 16.3 Å². The lowest BCUT2D eigenvalue weighted by Gasteiger charge is -2.34. The minimum absolute atomic E-state index is 0.248. The van der Waals surface area contributed by atoms with E-state index >= 15 is 0 Å². The molecule has 1 N–H and O–H groups in total. The monoisotopic (exact) mass is 368 g/mol. The third-order valence-corrected chi connectivity index (χ3v) is 5.21. The van der Waals surface area contributed by atoms with E-state index in [0.717, 1.165) is 34.0 Å². The molecule has 26 heavy (non-hydrogen) atoms.